The van der Waals surface area contributed by atoms with Gasteiger partial charge in [0.1, 0.15) is 11.6 Å². The van der Waals surface area contributed by atoms with Gasteiger partial charge < -0.3 is 4.74 Å². The van der Waals surface area contributed by atoms with Crippen molar-refractivity contribution >= 4 is 38.3 Å². The number of anilines is 1. The molecule has 3 aromatic rings. The van der Waals surface area contributed by atoms with Crippen molar-refractivity contribution in [2.45, 2.75) is 6.61 Å². The number of carbonyl (C=O) groups excluding carboxylic acids is 1. The van der Waals surface area contributed by atoms with Gasteiger partial charge in [-0.25, -0.2) is 9.37 Å². The molecule has 1 aromatic heterocycles. The van der Waals surface area contributed by atoms with Crippen molar-refractivity contribution in [1.29, 1.82) is 0 Å². The number of aromatic nitrogens is 1. The van der Waals surface area contributed by atoms with Crippen molar-refractivity contribution in [3.63, 3.8) is 0 Å². The first-order valence-electron chi connectivity index (χ1n) is 7.19. The summed E-state index contributed by atoms with van der Waals surface area (Å²) in [4.78, 5) is 16.4. The predicted molar refractivity (Wildman–Crippen MR) is 96.2 cm³/mol. The molecule has 1 N–H and O–H groups in total. The number of thiazole rings is 1. The largest absolute Gasteiger partial charge is 0.434 e. The summed E-state index contributed by atoms with van der Waals surface area (Å²) < 4.78 is 43.3. The molecule has 0 bridgehead atoms. The number of benzene rings is 2. The van der Waals surface area contributed by atoms with E-state index in [-0.39, 0.29) is 16.4 Å². The van der Waals surface area contributed by atoms with Crippen molar-refractivity contribution in [1.82, 2.24) is 4.98 Å². The Morgan fingerprint density at radius 3 is 2.73 bits per heavy atom. The highest BCUT2D eigenvalue weighted by atomic mass is 79.9. The number of halogens is 4. The number of hydrogen-bond acceptors (Lipinski definition) is 4. The first kappa shape index (κ1) is 18.4. The average Bonchev–Trinajstić information content (AvgIpc) is 3.02. The van der Waals surface area contributed by atoms with Crippen LogP contribution in [-0.2, 0) is 0 Å². The molecule has 0 saturated heterocycles. The van der Waals surface area contributed by atoms with Gasteiger partial charge >= 0.3 is 6.61 Å². The maximum absolute atomic E-state index is 13.4. The number of rotatable bonds is 5. The molecule has 3 rings (SSSR count). The Labute approximate surface area is 158 Å². The van der Waals surface area contributed by atoms with Crippen LogP contribution in [0.15, 0.2) is 52.3 Å². The Kier molecular flexibility index (Phi) is 5.58. The first-order valence-corrected chi connectivity index (χ1v) is 8.87. The topological polar surface area (TPSA) is 51.2 Å². The molecule has 26 heavy (non-hydrogen) atoms. The summed E-state index contributed by atoms with van der Waals surface area (Å²) in [6, 6.07) is 10.0. The second-order valence-electron chi connectivity index (χ2n) is 5.02. The van der Waals surface area contributed by atoms with Crippen molar-refractivity contribution in [2.75, 3.05) is 5.32 Å². The van der Waals surface area contributed by atoms with Crippen LogP contribution in [-0.4, -0.2) is 17.5 Å². The summed E-state index contributed by atoms with van der Waals surface area (Å²) in [5.41, 5.74) is 0.870. The number of carbonyl (C=O) groups is 1. The molecule has 0 atom stereocenters. The van der Waals surface area contributed by atoms with Crippen LogP contribution in [0.2, 0.25) is 0 Å². The fourth-order valence-corrected chi connectivity index (χ4v) is 3.36. The predicted octanol–water partition coefficient (Wildman–Crippen LogP) is 5.57. The van der Waals surface area contributed by atoms with E-state index in [2.05, 4.69) is 31.0 Å². The third-order valence-corrected chi connectivity index (χ3v) is 4.44. The fourth-order valence-electron chi connectivity index (χ4n) is 2.19. The smallest absolute Gasteiger partial charge is 0.387 e. The monoisotopic (exact) mass is 442 g/mol. The van der Waals surface area contributed by atoms with Gasteiger partial charge in [-0.2, -0.15) is 8.78 Å². The van der Waals surface area contributed by atoms with Gasteiger partial charge in [-0.15, -0.1) is 11.3 Å². The molecular formula is C17H10BrF3N2O2S. The second kappa shape index (κ2) is 7.88. The molecular weight excluding hydrogens is 433 g/mol. The minimum Gasteiger partial charge on any atom is -0.434 e. The van der Waals surface area contributed by atoms with E-state index in [0.29, 0.717) is 15.7 Å². The number of ether oxygens (including phenoxy) is 1. The minimum atomic E-state index is -2.96. The molecule has 0 aliphatic rings. The van der Waals surface area contributed by atoms with E-state index in [9.17, 15) is 18.0 Å². The average molecular weight is 443 g/mol. The lowest BCUT2D eigenvalue weighted by atomic mass is 10.1. The van der Waals surface area contributed by atoms with Crippen molar-refractivity contribution in [2.24, 2.45) is 0 Å². The van der Waals surface area contributed by atoms with E-state index in [1.807, 2.05) is 0 Å². The summed E-state index contributed by atoms with van der Waals surface area (Å²) in [5.74, 6) is -1.11. The number of nitrogens with zero attached hydrogens (tertiary/aromatic N) is 1. The number of hydrogen-bond donors (Lipinski definition) is 1. The molecule has 9 heteroatoms. The summed E-state index contributed by atoms with van der Waals surface area (Å²) in [6.45, 7) is -2.96. The van der Waals surface area contributed by atoms with Gasteiger partial charge in [-0.1, -0.05) is 28.1 Å². The van der Waals surface area contributed by atoms with E-state index in [1.54, 1.807) is 23.6 Å². The highest BCUT2D eigenvalue weighted by Crippen LogP contribution is 2.33. The third kappa shape index (κ3) is 4.41. The van der Waals surface area contributed by atoms with Crippen LogP contribution >= 0.6 is 27.3 Å². The maximum Gasteiger partial charge on any atom is 0.387 e. The SMILES string of the molecule is O=C(Nc1nc(-c2ccccc2OC(F)F)cs1)c1cc(F)cc(Br)c1. The standard InChI is InChI=1S/C17H10BrF3N2O2S/c18-10-5-9(6-11(19)7-10)15(24)23-17-22-13(8-26-17)12-3-1-2-4-14(12)25-16(20)21/h1-8,16H,(H,22,23,24). The molecule has 0 unspecified atom stereocenters. The molecule has 0 radical (unpaired) electrons. The summed E-state index contributed by atoms with van der Waals surface area (Å²) >= 11 is 4.23. The zero-order valence-corrected chi connectivity index (χ0v) is 15.3. The molecule has 0 aliphatic carbocycles. The Bertz CT molecular complexity index is 929. The quantitative estimate of drug-likeness (QED) is 0.562. The van der Waals surface area contributed by atoms with Crippen LogP contribution in [0.3, 0.4) is 0 Å². The van der Waals surface area contributed by atoms with E-state index in [1.165, 1.54) is 18.2 Å². The van der Waals surface area contributed by atoms with Gasteiger partial charge in [-0.05, 0) is 30.3 Å². The van der Waals surface area contributed by atoms with Crippen LogP contribution in [0.1, 0.15) is 10.4 Å². The number of nitrogens with one attached hydrogen (secondary N) is 1. The van der Waals surface area contributed by atoms with Crippen LogP contribution in [0.4, 0.5) is 18.3 Å². The minimum absolute atomic E-state index is 0.0141. The van der Waals surface area contributed by atoms with Gasteiger partial charge in [0.15, 0.2) is 5.13 Å². The van der Waals surface area contributed by atoms with E-state index < -0.39 is 18.3 Å². The molecule has 0 spiro atoms. The molecule has 1 amide bonds. The molecule has 0 aliphatic heterocycles. The van der Waals surface area contributed by atoms with Crippen LogP contribution in [0, 0.1) is 5.82 Å². The number of amides is 1. The lowest BCUT2D eigenvalue weighted by molar-refractivity contribution is -0.0494. The second-order valence-corrected chi connectivity index (χ2v) is 6.80. The highest BCUT2D eigenvalue weighted by molar-refractivity contribution is 9.10. The number of alkyl halides is 2. The fraction of sp³-hybridized carbons (Fsp3) is 0.0588. The zero-order valence-electron chi connectivity index (χ0n) is 12.9. The lowest BCUT2D eigenvalue weighted by Gasteiger charge is -2.08. The molecule has 134 valence electrons. The lowest BCUT2D eigenvalue weighted by Crippen LogP contribution is -2.12. The Balaban J connectivity index is 1.81. The molecule has 4 nitrogen and oxygen atoms in total. The summed E-state index contributed by atoms with van der Waals surface area (Å²) in [7, 11) is 0. The Morgan fingerprint density at radius 2 is 2.00 bits per heavy atom. The van der Waals surface area contributed by atoms with Crippen molar-refractivity contribution < 1.29 is 22.7 Å². The van der Waals surface area contributed by atoms with Crippen LogP contribution in [0.25, 0.3) is 11.3 Å². The van der Waals surface area contributed by atoms with E-state index >= 15 is 0 Å². The molecule has 0 fully saturated rings. The maximum atomic E-state index is 13.4. The Morgan fingerprint density at radius 1 is 1.23 bits per heavy atom. The van der Waals surface area contributed by atoms with Gasteiger partial charge in [-0.3, -0.25) is 10.1 Å². The van der Waals surface area contributed by atoms with Crippen LogP contribution in [0.5, 0.6) is 5.75 Å². The normalized spacial score (nSPS) is 10.8. The Hall–Kier alpha value is -2.39. The van der Waals surface area contributed by atoms with E-state index in [4.69, 9.17) is 0 Å². The van der Waals surface area contributed by atoms with Gasteiger partial charge in [0, 0.05) is 21.0 Å². The van der Waals surface area contributed by atoms with Crippen LogP contribution < -0.4 is 10.1 Å². The number of para-hydroxylation sites is 1. The molecule has 0 saturated carbocycles. The van der Waals surface area contributed by atoms with Gasteiger partial charge in [0.2, 0.25) is 0 Å². The van der Waals surface area contributed by atoms with Gasteiger partial charge in [0.05, 0.1) is 5.69 Å². The molecule has 1 heterocycles. The van der Waals surface area contributed by atoms with Gasteiger partial charge in [0.25, 0.3) is 5.91 Å². The highest BCUT2D eigenvalue weighted by Gasteiger charge is 2.15. The zero-order chi connectivity index (χ0) is 18.7. The van der Waals surface area contributed by atoms with E-state index in [0.717, 1.165) is 17.4 Å². The summed E-state index contributed by atoms with van der Waals surface area (Å²) in [6.07, 6.45) is 0. The third-order valence-electron chi connectivity index (χ3n) is 3.23. The first-order chi connectivity index (χ1) is 12.4. The van der Waals surface area contributed by atoms with Crippen molar-refractivity contribution in [3.8, 4) is 17.0 Å². The molecule has 2 aromatic carbocycles. The van der Waals surface area contributed by atoms with Crippen molar-refractivity contribution in [3.05, 3.63) is 63.7 Å². The summed E-state index contributed by atoms with van der Waals surface area (Å²) in [5, 5.41) is 4.40.